The molecular weight excluding hydrogens is 452 g/mol. The van der Waals surface area contributed by atoms with Gasteiger partial charge in [0.2, 0.25) is 5.91 Å². The lowest BCUT2D eigenvalue weighted by atomic mass is 9.66. The van der Waals surface area contributed by atoms with Crippen molar-refractivity contribution in [1.82, 2.24) is 5.32 Å². The number of aryl methyl sites for hydroxylation is 1. The molecule has 0 bridgehead atoms. The number of nitro groups is 1. The van der Waals surface area contributed by atoms with Crippen LogP contribution >= 0.6 is 0 Å². The number of urea groups is 1. The minimum Gasteiger partial charge on any atom is -0.372 e. The summed E-state index contributed by atoms with van der Waals surface area (Å²) in [5.74, 6) is -1.38. The van der Waals surface area contributed by atoms with Crippen LogP contribution in [0.2, 0.25) is 0 Å². The first-order valence-electron chi connectivity index (χ1n) is 11.7. The molecule has 0 saturated carbocycles. The number of nitrogens with one attached hydrogen (secondary N) is 1. The van der Waals surface area contributed by atoms with Gasteiger partial charge >= 0.3 is 6.03 Å². The van der Waals surface area contributed by atoms with Crippen LogP contribution in [-0.4, -0.2) is 47.6 Å². The van der Waals surface area contributed by atoms with Crippen LogP contribution in [0.15, 0.2) is 42.5 Å². The van der Waals surface area contributed by atoms with E-state index in [0.717, 1.165) is 22.6 Å². The van der Waals surface area contributed by atoms with E-state index in [1.807, 2.05) is 37.8 Å². The molecule has 10 heteroatoms. The number of hydrogen-bond donors (Lipinski definition) is 1. The molecule has 2 aromatic rings. The van der Waals surface area contributed by atoms with Gasteiger partial charge in [0.25, 0.3) is 11.6 Å². The van der Waals surface area contributed by atoms with Gasteiger partial charge in [0.1, 0.15) is 0 Å². The number of anilines is 2. The van der Waals surface area contributed by atoms with E-state index in [-0.39, 0.29) is 18.2 Å². The number of rotatable bonds is 3. The van der Waals surface area contributed by atoms with Gasteiger partial charge in [-0.2, -0.15) is 0 Å². The zero-order valence-corrected chi connectivity index (χ0v) is 19.7. The summed E-state index contributed by atoms with van der Waals surface area (Å²) in [5.41, 5.74) is 0.793. The summed E-state index contributed by atoms with van der Waals surface area (Å²) in [5, 5.41) is 13.9. The molecule has 0 unspecified atom stereocenters. The molecule has 3 aliphatic rings. The molecule has 5 rings (SSSR count). The maximum atomic E-state index is 14.2. The smallest absolute Gasteiger partial charge is 0.335 e. The molecule has 4 atom stereocenters. The normalized spacial score (nSPS) is 28.0. The number of nitro benzene ring substituents is 1. The van der Waals surface area contributed by atoms with Crippen molar-refractivity contribution < 1.29 is 24.0 Å². The molecule has 3 aliphatic heterocycles. The number of imide groups is 2. The van der Waals surface area contributed by atoms with Gasteiger partial charge in [0, 0.05) is 30.8 Å². The molecule has 35 heavy (non-hydrogen) atoms. The first-order chi connectivity index (χ1) is 16.7. The molecule has 1 spiro atoms. The van der Waals surface area contributed by atoms with Crippen LogP contribution < -0.4 is 15.1 Å². The van der Waals surface area contributed by atoms with Crippen LogP contribution in [0.3, 0.4) is 0 Å². The predicted molar refractivity (Wildman–Crippen MR) is 127 cm³/mol. The Kier molecular flexibility index (Phi) is 5.36. The number of ether oxygens (including phenoxy) is 1. The highest BCUT2D eigenvalue weighted by molar-refractivity contribution is 6.30. The second kappa shape index (κ2) is 8.16. The molecule has 3 heterocycles. The van der Waals surface area contributed by atoms with Crippen molar-refractivity contribution >= 4 is 34.9 Å². The zero-order valence-electron chi connectivity index (χ0n) is 19.7. The molecule has 2 aromatic carbocycles. The largest absolute Gasteiger partial charge is 0.372 e. The fraction of sp³-hybridized carbons (Fsp3) is 0.400. The topological polar surface area (TPSA) is 122 Å². The van der Waals surface area contributed by atoms with Gasteiger partial charge in [-0.3, -0.25) is 25.0 Å². The average molecular weight is 479 g/mol. The maximum Gasteiger partial charge on any atom is 0.335 e. The minimum atomic E-state index is -1.71. The number of carbonyl (C=O) groups is 3. The van der Waals surface area contributed by atoms with Gasteiger partial charge in [0.05, 0.1) is 28.9 Å². The molecule has 2 fully saturated rings. The van der Waals surface area contributed by atoms with Gasteiger partial charge in [-0.1, -0.05) is 19.1 Å². The first kappa shape index (κ1) is 23.0. The van der Waals surface area contributed by atoms with Crippen LogP contribution in [0.25, 0.3) is 0 Å². The van der Waals surface area contributed by atoms with Crippen molar-refractivity contribution in [2.24, 2.45) is 5.41 Å². The van der Waals surface area contributed by atoms with Crippen molar-refractivity contribution in [2.75, 3.05) is 16.3 Å². The molecule has 10 nitrogen and oxygen atoms in total. The van der Waals surface area contributed by atoms with Crippen LogP contribution in [0.1, 0.15) is 31.9 Å². The first-order valence-corrected chi connectivity index (χ1v) is 11.7. The molecule has 4 amide bonds. The Labute approximate surface area is 202 Å². The van der Waals surface area contributed by atoms with Gasteiger partial charge in [-0.05, 0) is 49.6 Å². The molecule has 0 aromatic heterocycles. The van der Waals surface area contributed by atoms with E-state index < -0.39 is 40.3 Å². The van der Waals surface area contributed by atoms with Gasteiger partial charge in [-0.25, -0.2) is 9.69 Å². The van der Waals surface area contributed by atoms with E-state index in [1.165, 1.54) is 12.1 Å². The Balaban J connectivity index is 1.68. The van der Waals surface area contributed by atoms with E-state index in [9.17, 15) is 24.5 Å². The summed E-state index contributed by atoms with van der Waals surface area (Å²) in [7, 11) is 0. The number of hydrogen-bond acceptors (Lipinski definition) is 7. The quantitative estimate of drug-likeness (QED) is 0.409. The predicted octanol–water partition coefficient (Wildman–Crippen LogP) is 2.96. The van der Waals surface area contributed by atoms with E-state index in [0.29, 0.717) is 17.8 Å². The molecule has 0 aliphatic carbocycles. The standard InChI is InChI=1S/C25H26N4O6/c1-4-16-5-7-18(8-6-16)28-23(31)25(22(30)26-24(28)32)12-17-11-19(29(33)34)9-10-20(17)27-13-14(2)35-15(3)21(25)27/h5-11,14-15,21H,4,12-13H2,1-3H3,(H,26,30,32)/t14-,15-,21+,25+/m0/s1. The Morgan fingerprint density at radius 2 is 1.86 bits per heavy atom. The van der Waals surface area contributed by atoms with Crippen molar-refractivity contribution in [1.29, 1.82) is 0 Å². The summed E-state index contributed by atoms with van der Waals surface area (Å²) in [6.07, 6.45) is -0.00753. The molecule has 1 N–H and O–H groups in total. The number of fused-ring (bicyclic) bond motifs is 4. The number of barbiturate groups is 1. The molecular formula is C25H26N4O6. The summed E-state index contributed by atoms with van der Waals surface area (Å²) < 4.78 is 6.07. The maximum absolute atomic E-state index is 14.2. The number of benzene rings is 2. The zero-order chi connectivity index (χ0) is 25.1. The number of amides is 4. The monoisotopic (exact) mass is 478 g/mol. The highest BCUT2D eigenvalue weighted by Crippen LogP contribution is 2.48. The van der Waals surface area contributed by atoms with Gasteiger partial charge in [-0.15, -0.1) is 0 Å². The van der Waals surface area contributed by atoms with Crippen molar-refractivity contribution in [3.05, 3.63) is 63.7 Å². The summed E-state index contributed by atoms with van der Waals surface area (Å²) in [6, 6.07) is 10.0. The number of nitrogens with zero attached hydrogens (tertiary/aromatic N) is 3. The lowest BCUT2D eigenvalue weighted by Crippen LogP contribution is -2.76. The van der Waals surface area contributed by atoms with Gasteiger partial charge < -0.3 is 9.64 Å². The third-order valence-corrected chi connectivity index (χ3v) is 7.25. The Bertz CT molecular complexity index is 1250. The van der Waals surface area contributed by atoms with Crippen LogP contribution in [0.4, 0.5) is 21.9 Å². The van der Waals surface area contributed by atoms with Crippen LogP contribution in [-0.2, 0) is 27.2 Å². The van der Waals surface area contributed by atoms with E-state index in [2.05, 4.69) is 5.32 Å². The fourth-order valence-electron chi connectivity index (χ4n) is 5.74. The van der Waals surface area contributed by atoms with Crippen LogP contribution in [0.5, 0.6) is 0 Å². The number of morpholine rings is 1. The average Bonchev–Trinajstić information content (AvgIpc) is 2.82. The van der Waals surface area contributed by atoms with Crippen molar-refractivity contribution in [3.63, 3.8) is 0 Å². The van der Waals surface area contributed by atoms with Gasteiger partial charge in [0.15, 0.2) is 5.41 Å². The van der Waals surface area contributed by atoms with E-state index in [1.54, 1.807) is 18.2 Å². The number of carbonyl (C=O) groups excluding carboxylic acids is 3. The summed E-state index contributed by atoms with van der Waals surface area (Å²) in [6.45, 7) is 6.09. The second-order valence-corrected chi connectivity index (χ2v) is 9.39. The lowest BCUT2D eigenvalue weighted by Gasteiger charge is -2.56. The SMILES string of the molecule is CCc1ccc(N2C(=O)NC(=O)[C@]3(Cc4cc([N+](=O)[O-])ccc4N4C[C@H](C)O[C@@H](C)[C@@H]43)C2=O)cc1. The molecule has 182 valence electrons. The highest BCUT2D eigenvalue weighted by Gasteiger charge is 2.65. The second-order valence-electron chi connectivity index (χ2n) is 9.39. The highest BCUT2D eigenvalue weighted by atomic mass is 16.6. The Morgan fingerprint density at radius 1 is 1.14 bits per heavy atom. The Morgan fingerprint density at radius 3 is 2.51 bits per heavy atom. The lowest BCUT2D eigenvalue weighted by molar-refractivity contribution is -0.384. The van der Waals surface area contributed by atoms with Crippen molar-refractivity contribution in [3.8, 4) is 0 Å². The summed E-state index contributed by atoms with van der Waals surface area (Å²) in [4.78, 5) is 54.6. The van der Waals surface area contributed by atoms with E-state index >= 15 is 0 Å². The fourth-order valence-corrected chi connectivity index (χ4v) is 5.74. The molecule has 0 radical (unpaired) electrons. The minimum absolute atomic E-state index is 0.0885. The van der Waals surface area contributed by atoms with E-state index in [4.69, 9.17) is 4.74 Å². The number of non-ortho nitro benzene ring substituents is 1. The van der Waals surface area contributed by atoms with Crippen LogP contribution in [0, 0.1) is 15.5 Å². The molecule has 2 saturated heterocycles. The summed E-state index contributed by atoms with van der Waals surface area (Å²) >= 11 is 0. The van der Waals surface area contributed by atoms with Crippen molar-refractivity contribution in [2.45, 2.75) is 51.9 Å². The third kappa shape index (κ3) is 3.39. The third-order valence-electron chi connectivity index (χ3n) is 7.25. The Hall–Kier alpha value is -3.79.